The van der Waals surface area contributed by atoms with Crippen LogP contribution in [0.1, 0.15) is 6.92 Å². The van der Waals surface area contributed by atoms with Gasteiger partial charge in [-0.2, -0.15) is 5.26 Å². The van der Waals surface area contributed by atoms with Crippen LogP contribution in [0.3, 0.4) is 0 Å². The molecule has 0 aromatic carbocycles. The summed E-state index contributed by atoms with van der Waals surface area (Å²) in [6.45, 7) is 1.81. The molecule has 0 saturated carbocycles. The molecule has 0 spiro atoms. The van der Waals surface area contributed by atoms with Crippen molar-refractivity contribution in [3.63, 3.8) is 0 Å². The van der Waals surface area contributed by atoms with Crippen molar-refractivity contribution in [1.82, 2.24) is 0 Å². The van der Waals surface area contributed by atoms with Crippen molar-refractivity contribution in [2.45, 2.75) is 6.92 Å². The second kappa shape index (κ2) is 6.85. The van der Waals surface area contributed by atoms with Gasteiger partial charge < -0.3 is 9.47 Å². The maximum absolute atomic E-state index is 11.0. The van der Waals surface area contributed by atoms with Gasteiger partial charge in [0.05, 0.1) is 18.2 Å². The number of carbonyl (C=O) groups excluding carboxylic acids is 2. The highest BCUT2D eigenvalue weighted by molar-refractivity contribution is 5.89. The van der Waals surface area contributed by atoms with Gasteiger partial charge in [0.2, 0.25) is 0 Å². The van der Waals surface area contributed by atoms with Gasteiger partial charge in [-0.3, -0.25) is 4.79 Å². The molecule has 0 aromatic rings. The molecule has 70 valence electrons. The van der Waals surface area contributed by atoms with Crippen LogP contribution >= 0.6 is 0 Å². The summed E-state index contributed by atoms with van der Waals surface area (Å²) in [5.41, 5.74) is 0.0245. The van der Waals surface area contributed by atoms with Crippen LogP contribution in [0.25, 0.3) is 0 Å². The standard InChI is InChI=1S/C8H9NO4/c1-2-13-8(11)7(3-4-9)5-12-6-10/h3,6H,2,5H2,1H3/b7-3+. The highest BCUT2D eigenvalue weighted by Gasteiger charge is 2.10. The third-order valence-corrected chi connectivity index (χ3v) is 1.08. The smallest absolute Gasteiger partial charge is 0.338 e. The van der Waals surface area contributed by atoms with Crippen molar-refractivity contribution in [3.05, 3.63) is 11.6 Å². The largest absolute Gasteiger partial charge is 0.463 e. The van der Waals surface area contributed by atoms with E-state index in [1.165, 1.54) is 0 Å². The Morgan fingerprint density at radius 3 is 2.77 bits per heavy atom. The quantitative estimate of drug-likeness (QED) is 0.263. The van der Waals surface area contributed by atoms with E-state index in [1.807, 2.05) is 0 Å². The molecule has 0 saturated heterocycles. The zero-order valence-corrected chi connectivity index (χ0v) is 7.15. The number of hydrogen-bond donors (Lipinski definition) is 0. The summed E-state index contributed by atoms with van der Waals surface area (Å²) in [6.07, 6.45) is 0.988. The number of rotatable bonds is 5. The van der Waals surface area contributed by atoms with Crippen molar-refractivity contribution in [2.75, 3.05) is 13.2 Å². The van der Waals surface area contributed by atoms with Gasteiger partial charge in [0.25, 0.3) is 6.47 Å². The van der Waals surface area contributed by atoms with Gasteiger partial charge in [0.15, 0.2) is 0 Å². The van der Waals surface area contributed by atoms with Gasteiger partial charge in [-0.1, -0.05) is 0 Å². The van der Waals surface area contributed by atoms with E-state index in [-0.39, 0.29) is 25.3 Å². The fourth-order valence-corrected chi connectivity index (χ4v) is 0.585. The molecule has 0 atom stereocenters. The Morgan fingerprint density at radius 2 is 2.31 bits per heavy atom. The molecule has 0 N–H and O–H groups in total. The lowest BCUT2D eigenvalue weighted by Gasteiger charge is -2.03. The minimum atomic E-state index is -0.647. The Balaban J connectivity index is 4.26. The van der Waals surface area contributed by atoms with E-state index < -0.39 is 5.97 Å². The van der Waals surface area contributed by atoms with Crippen molar-refractivity contribution >= 4 is 12.4 Å². The molecule has 0 bridgehead atoms. The lowest BCUT2D eigenvalue weighted by Crippen LogP contribution is -2.12. The third-order valence-electron chi connectivity index (χ3n) is 1.08. The third kappa shape index (κ3) is 4.58. The number of esters is 1. The monoisotopic (exact) mass is 183 g/mol. The average Bonchev–Trinajstić information content (AvgIpc) is 2.12. The van der Waals surface area contributed by atoms with Crippen LogP contribution in [-0.4, -0.2) is 25.7 Å². The molecule has 0 aliphatic heterocycles. The van der Waals surface area contributed by atoms with E-state index in [4.69, 9.17) is 5.26 Å². The molecule has 0 unspecified atom stereocenters. The zero-order valence-electron chi connectivity index (χ0n) is 7.15. The maximum Gasteiger partial charge on any atom is 0.338 e. The second-order valence-corrected chi connectivity index (χ2v) is 1.93. The molecule has 0 rings (SSSR count). The first-order valence-electron chi connectivity index (χ1n) is 3.57. The van der Waals surface area contributed by atoms with Gasteiger partial charge in [-0.05, 0) is 6.92 Å². The molecule has 0 amide bonds. The highest BCUT2D eigenvalue weighted by atomic mass is 16.5. The lowest BCUT2D eigenvalue weighted by atomic mass is 10.3. The van der Waals surface area contributed by atoms with E-state index in [1.54, 1.807) is 13.0 Å². The summed E-state index contributed by atoms with van der Waals surface area (Å²) in [6, 6.07) is 1.66. The van der Waals surface area contributed by atoms with Crippen LogP contribution in [0.2, 0.25) is 0 Å². The van der Waals surface area contributed by atoms with Crippen molar-refractivity contribution < 1.29 is 19.1 Å². The van der Waals surface area contributed by atoms with Crippen LogP contribution in [0.5, 0.6) is 0 Å². The Kier molecular flexibility index (Phi) is 5.89. The lowest BCUT2D eigenvalue weighted by molar-refractivity contribution is -0.139. The molecular weight excluding hydrogens is 174 g/mol. The highest BCUT2D eigenvalue weighted by Crippen LogP contribution is 1.98. The number of nitrogens with zero attached hydrogens (tertiary/aromatic N) is 1. The first-order valence-corrected chi connectivity index (χ1v) is 3.57. The number of hydrogen-bond acceptors (Lipinski definition) is 5. The van der Waals surface area contributed by atoms with Gasteiger partial charge in [0, 0.05) is 6.08 Å². The minimum absolute atomic E-state index is 0.0245. The molecule has 0 heterocycles. The predicted molar refractivity (Wildman–Crippen MR) is 42.3 cm³/mol. The normalized spacial score (nSPS) is 10.0. The summed E-state index contributed by atoms with van der Waals surface area (Å²) in [5, 5.41) is 8.28. The Morgan fingerprint density at radius 1 is 1.62 bits per heavy atom. The van der Waals surface area contributed by atoms with Crippen molar-refractivity contribution in [1.29, 1.82) is 5.26 Å². The second-order valence-electron chi connectivity index (χ2n) is 1.93. The van der Waals surface area contributed by atoms with Crippen LogP contribution in [0.15, 0.2) is 11.6 Å². The van der Waals surface area contributed by atoms with Gasteiger partial charge in [-0.25, -0.2) is 4.79 Å². The molecule has 0 aliphatic rings. The number of ether oxygens (including phenoxy) is 2. The molecule has 0 aliphatic carbocycles. The fourth-order valence-electron chi connectivity index (χ4n) is 0.585. The Hall–Kier alpha value is -1.83. The molecule has 0 aromatic heterocycles. The average molecular weight is 183 g/mol. The van der Waals surface area contributed by atoms with Gasteiger partial charge in [-0.15, -0.1) is 0 Å². The van der Waals surface area contributed by atoms with Gasteiger partial charge in [0.1, 0.15) is 6.61 Å². The topological polar surface area (TPSA) is 76.4 Å². The van der Waals surface area contributed by atoms with E-state index >= 15 is 0 Å². The first-order chi connectivity index (χ1) is 6.26. The SMILES string of the molecule is CCOC(=O)/C(=C/C#N)COC=O. The van der Waals surface area contributed by atoms with Crippen LogP contribution in [0.4, 0.5) is 0 Å². The summed E-state index contributed by atoms with van der Waals surface area (Å²) >= 11 is 0. The number of allylic oxidation sites excluding steroid dienone is 1. The molecule has 5 heteroatoms. The van der Waals surface area contributed by atoms with E-state index in [0.29, 0.717) is 0 Å². The number of nitriles is 1. The van der Waals surface area contributed by atoms with E-state index in [9.17, 15) is 9.59 Å². The molecule has 0 radical (unpaired) electrons. The first kappa shape index (κ1) is 11.2. The summed E-state index contributed by atoms with van der Waals surface area (Å²) in [4.78, 5) is 20.8. The summed E-state index contributed by atoms with van der Waals surface area (Å²) in [7, 11) is 0. The molecule has 13 heavy (non-hydrogen) atoms. The Labute approximate surface area is 75.5 Å². The fraction of sp³-hybridized carbons (Fsp3) is 0.375. The van der Waals surface area contributed by atoms with Gasteiger partial charge >= 0.3 is 5.97 Å². The molecule has 5 nitrogen and oxygen atoms in total. The van der Waals surface area contributed by atoms with E-state index in [0.717, 1.165) is 6.08 Å². The van der Waals surface area contributed by atoms with Crippen LogP contribution in [-0.2, 0) is 19.1 Å². The van der Waals surface area contributed by atoms with Crippen LogP contribution in [0, 0.1) is 11.3 Å². The predicted octanol–water partition coefficient (Wildman–Crippen LogP) is 0.172. The van der Waals surface area contributed by atoms with Crippen molar-refractivity contribution in [3.8, 4) is 6.07 Å². The Bertz CT molecular complexity index is 251. The van der Waals surface area contributed by atoms with Crippen LogP contribution < -0.4 is 0 Å². The minimum Gasteiger partial charge on any atom is -0.463 e. The zero-order chi connectivity index (χ0) is 10.1. The summed E-state index contributed by atoms with van der Waals surface area (Å²) in [5.74, 6) is -0.647. The maximum atomic E-state index is 11.0. The van der Waals surface area contributed by atoms with E-state index in [2.05, 4.69) is 9.47 Å². The molecule has 0 fully saturated rings. The molecular formula is C8H9NO4. The summed E-state index contributed by atoms with van der Waals surface area (Å²) < 4.78 is 8.91. The van der Waals surface area contributed by atoms with Crippen molar-refractivity contribution in [2.24, 2.45) is 0 Å². The number of carbonyl (C=O) groups is 2.